The zero-order chi connectivity index (χ0) is 15.9. The van der Waals surface area contributed by atoms with Crippen LogP contribution in [0.2, 0.25) is 0 Å². The molecule has 12 heteroatoms. The van der Waals surface area contributed by atoms with Crippen LogP contribution in [-0.2, 0) is 13.8 Å². The Bertz CT molecular complexity index is 762. The summed E-state index contributed by atoms with van der Waals surface area (Å²) in [6, 6.07) is 0. The molecule has 0 saturated carbocycles. The number of ether oxygens (including phenoxy) is 1. The molecule has 5 N–H and O–H groups in total. The second kappa shape index (κ2) is 5.71. The molecule has 0 aromatic carbocycles. The van der Waals surface area contributed by atoms with Crippen LogP contribution < -0.4 is 11.3 Å². The Morgan fingerprint density at radius 1 is 1.50 bits per heavy atom. The SMILES string of the molecule is Nc1nc2c(ncn2[C@@H]2O[C@H](COP=O)[C@@H](O)[C@H]2O)c(=O)[nH]1. The average Bonchev–Trinajstić information content (AvgIpc) is 3.00. The zero-order valence-electron chi connectivity index (χ0n) is 11.0. The molecule has 3 rings (SSSR count). The number of nitrogens with one attached hydrogen (secondary N) is 1. The molecule has 0 bridgehead atoms. The van der Waals surface area contributed by atoms with Crippen LogP contribution in [-0.4, -0.2) is 54.7 Å². The van der Waals surface area contributed by atoms with E-state index in [0.29, 0.717) is 0 Å². The highest BCUT2D eigenvalue weighted by Gasteiger charge is 2.44. The highest BCUT2D eigenvalue weighted by atomic mass is 31.1. The third-order valence-electron chi connectivity index (χ3n) is 3.35. The lowest BCUT2D eigenvalue weighted by Gasteiger charge is -2.16. The molecule has 1 aliphatic heterocycles. The predicted molar refractivity (Wildman–Crippen MR) is 72.0 cm³/mol. The van der Waals surface area contributed by atoms with Crippen molar-refractivity contribution in [2.45, 2.75) is 24.5 Å². The van der Waals surface area contributed by atoms with Crippen molar-refractivity contribution in [1.82, 2.24) is 19.5 Å². The lowest BCUT2D eigenvalue weighted by molar-refractivity contribution is -0.0461. The average molecular weight is 329 g/mol. The number of H-pyrrole nitrogens is 1. The van der Waals surface area contributed by atoms with Crippen LogP contribution in [0.15, 0.2) is 11.1 Å². The first-order chi connectivity index (χ1) is 10.5. The molecule has 1 fully saturated rings. The summed E-state index contributed by atoms with van der Waals surface area (Å²) in [6.45, 7) is -0.178. The van der Waals surface area contributed by atoms with Gasteiger partial charge in [-0.2, -0.15) is 4.98 Å². The predicted octanol–water partition coefficient (Wildman–Crippen LogP) is -1.46. The maximum atomic E-state index is 11.7. The Morgan fingerprint density at radius 3 is 3.00 bits per heavy atom. The lowest BCUT2D eigenvalue weighted by atomic mass is 10.1. The van der Waals surface area contributed by atoms with E-state index in [-0.39, 0.29) is 23.7 Å². The summed E-state index contributed by atoms with van der Waals surface area (Å²) in [4.78, 5) is 21.9. The van der Waals surface area contributed by atoms with Gasteiger partial charge in [0.15, 0.2) is 17.4 Å². The van der Waals surface area contributed by atoms with E-state index in [4.69, 9.17) is 10.5 Å². The molecule has 2 aromatic rings. The summed E-state index contributed by atoms with van der Waals surface area (Å²) in [7, 11) is -0.562. The van der Waals surface area contributed by atoms with E-state index >= 15 is 0 Å². The first-order valence-corrected chi connectivity index (χ1v) is 6.94. The first-order valence-electron chi connectivity index (χ1n) is 6.21. The highest BCUT2D eigenvalue weighted by molar-refractivity contribution is 7.17. The van der Waals surface area contributed by atoms with Crippen molar-refractivity contribution >= 4 is 25.8 Å². The number of rotatable bonds is 4. The number of aromatic nitrogens is 4. The molecule has 4 atom stereocenters. The van der Waals surface area contributed by atoms with E-state index in [2.05, 4.69) is 19.5 Å². The highest BCUT2D eigenvalue weighted by Crippen LogP contribution is 2.31. The number of nitrogens with zero attached hydrogens (tertiary/aromatic N) is 3. The normalized spacial score (nSPS) is 28.6. The number of hydrogen-bond donors (Lipinski definition) is 4. The number of aliphatic hydroxyl groups is 2. The molecule has 0 aliphatic carbocycles. The minimum absolute atomic E-state index is 0.0252. The van der Waals surface area contributed by atoms with Crippen molar-refractivity contribution in [3.63, 3.8) is 0 Å². The van der Waals surface area contributed by atoms with Crippen molar-refractivity contribution in [1.29, 1.82) is 0 Å². The number of imidazole rings is 1. The molecule has 3 heterocycles. The molecule has 118 valence electrons. The van der Waals surface area contributed by atoms with Crippen LogP contribution >= 0.6 is 8.69 Å². The fraction of sp³-hybridized carbons (Fsp3) is 0.500. The molecular formula is C10H12N5O6P. The Morgan fingerprint density at radius 2 is 2.27 bits per heavy atom. The quantitative estimate of drug-likeness (QED) is 0.490. The smallest absolute Gasteiger partial charge is 0.327 e. The number of hydrogen-bond acceptors (Lipinski definition) is 9. The summed E-state index contributed by atoms with van der Waals surface area (Å²) < 4.78 is 21.7. The van der Waals surface area contributed by atoms with Crippen LogP contribution in [0.25, 0.3) is 11.2 Å². The third kappa shape index (κ3) is 2.38. The molecule has 22 heavy (non-hydrogen) atoms. The van der Waals surface area contributed by atoms with Crippen LogP contribution in [0, 0.1) is 0 Å². The largest absolute Gasteiger partial charge is 0.387 e. The van der Waals surface area contributed by atoms with Gasteiger partial charge >= 0.3 is 8.69 Å². The standard InChI is InChI=1S/C10H12N5O6P/c11-10-13-7-4(8(18)14-10)12-2-15(7)9-6(17)5(16)3(21-9)1-20-22-19/h2-3,5-6,9,16-17H,1H2,(H3,11,13,14,18)/t3-,5-,6-,9-/m1/s1. The molecule has 0 amide bonds. The summed E-state index contributed by atoms with van der Waals surface area (Å²) >= 11 is 0. The second-order valence-corrected chi connectivity index (χ2v) is 5.10. The van der Waals surface area contributed by atoms with Gasteiger partial charge in [0, 0.05) is 0 Å². The molecule has 11 nitrogen and oxygen atoms in total. The summed E-state index contributed by atoms with van der Waals surface area (Å²) in [6.07, 6.45) is -3.24. The van der Waals surface area contributed by atoms with Crippen molar-refractivity contribution < 1.29 is 24.0 Å². The summed E-state index contributed by atoms with van der Waals surface area (Å²) in [5.74, 6) is -0.114. The first kappa shape index (κ1) is 15.0. The van der Waals surface area contributed by atoms with Gasteiger partial charge in [-0.1, -0.05) is 0 Å². The molecule has 1 aliphatic rings. The second-order valence-electron chi connectivity index (χ2n) is 4.69. The minimum atomic E-state index is -1.31. The van der Waals surface area contributed by atoms with E-state index in [9.17, 15) is 19.6 Å². The van der Waals surface area contributed by atoms with E-state index in [1.165, 1.54) is 10.9 Å². The molecule has 2 aromatic heterocycles. The van der Waals surface area contributed by atoms with Crippen molar-refractivity contribution in [2.24, 2.45) is 0 Å². The van der Waals surface area contributed by atoms with Crippen molar-refractivity contribution in [3.05, 3.63) is 16.7 Å². The number of fused-ring (bicyclic) bond motifs is 1. The fourth-order valence-corrected chi connectivity index (χ4v) is 2.54. The van der Waals surface area contributed by atoms with Crippen LogP contribution in [0.5, 0.6) is 0 Å². The molecular weight excluding hydrogens is 317 g/mol. The van der Waals surface area contributed by atoms with Gasteiger partial charge in [-0.3, -0.25) is 18.9 Å². The van der Waals surface area contributed by atoms with E-state index in [1.807, 2.05) is 0 Å². The van der Waals surface area contributed by atoms with Gasteiger partial charge < -0.3 is 20.7 Å². The number of aliphatic hydroxyl groups excluding tert-OH is 2. The topological polar surface area (TPSA) is 166 Å². The maximum Gasteiger partial charge on any atom is 0.327 e. The Balaban J connectivity index is 1.97. The molecule has 1 saturated heterocycles. The van der Waals surface area contributed by atoms with Crippen molar-refractivity contribution in [3.8, 4) is 0 Å². The van der Waals surface area contributed by atoms with Gasteiger partial charge in [0.1, 0.15) is 18.3 Å². The van der Waals surface area contributed by atoms with Crippen LogP contribution in [0.1, 0.15) is 6.23 Å². The summed E-state index contributed by atoms with van der Waals surface area (Å²) in [5, 5.41) is 20.0. The maximum absolute atomic E-state index is 11.7. The Kier molecular flexibility index (Phi) is 3.89. The minimum Gasteiger partial charge on any atom is -0.387 e. The van der Waals surface area contributed by atoms with Gasteiger partial charge in [0.05, 0.1) is 12.9 Å². The fourth-order valence-electron chi connectivity index (χ4n) is 2.33. The van der Waals surface area contributed by atoms with E-state index < -0.39 is 38.8 Å². The van der Waals surface area contributed by atoms with Crippen LogP contribution in [0.3, 0.4) is 0 Å². The van der Waals surface area contributed by atoms with Gasteiger partial charge in [-0.05, 0) is 0 Å². The van der Waals surface area contributed by atoms with Gasteiger partial charge in [0.25, 0.3) is 5.56 Å². The third-order valence-corrected chi connectivity index (χ3v) is 3.61. The number of aromatic amines is 1. The van der Waals surface area contributed by atoms with E-state index in [1.54, 1.807) is 0 Å². The molecule has 0 unspecified atom stereocenters. The number of anilines is 1. The lowest BCUT2D eigenvalue weighted by Crippen LogP contribution is -2.33. The monoisotopic (exact) mass is 329 g/mol. The van der Waals surface area contributed by atoms with Crippen LogP contribution in [0.4, 0.5) is 5.95 Å². The molecule has 0 radical (unpaired) electrons. The van der Waals surface area contributed by atoms with Gasteiger partial charge in [-0.25, -0.2) is 9.55 Å². The molecule has 0 spiro atoms. The Labute approximate surface area is 124 Å². The number of nitrogen functional groups attached to an aromatic ring is 1. The zero-order valence-corrected chi connectivity index (χ0v) is 11.9. The Hall–Kier alpha value is -1.91. The van der Waals surface area contributed by atoms with Gasteiger partial charge in [0.2, 0.25) is 5.95 Å². The van der Waals surface area contributed by atoms with Gasteiger partial charge in [-0.15, -0.1) is 0 Å². The van der Waals surface area contributed by atoms with Crippen molar-refractivity contribution in [2.75, 3.05) is 12.3 Å². The summed E-state index contributed by atoms with van der Waals surface area (Å²) in [5.41, 5.74) is 5.10. The number of nitrogens with two attached hydrogens (primary N) is 1. The van der Waals surface area contributed by atoms with E-state index in [0.717, 1.165) is 0 Å².